The quantitative estimate of drug-likeness (QED) is 0.717. The molecule has 1 fully saturated rings. The lowest BCUT2D eigenvalue weighted by Gasteiger charge is -2.43. The van der Waals surface area contributed by atoms with Crippen LogP contribution in [0, 0.1) is 5.92 Å². The van der Waals surface area contributed by atoms with Crippen LogP contribution in [0.4, 0.5) is 0 Å². The van der Waals surface area contributed by atoms with E-state index in [-0.39, 0.29) is 12.0 Å². The third-order valence-corrected chi connectivity index (χ3v) is 3.38. The third kappa shape index (κ3) is 2.95. The predicted octanol–water partition coefficient (Wildman–Crippen LogP) is 0.820. The lowest BCUT2D eigenvalue weighted by Crippen LogP contribution is -2.58. The molecule has 0 unspecified atom stereocenters. The zero-order valence-electron chi connectivity index (χ0n) is 11.1. The Balaban J connectivity index is 2.72. The lowest BCUT2D eigenvalue weighted by atomic mass is 9.99. The van der Waals surface area contributed by atoms with E-state index < -0.39 is 0 Å². The Morgan fingerprint density at radius 3 is 2.44 bits per heavy atom. The lowest BCUT2D eigenvalue weighted by molar-refractivity contribution is -0.147. The number of hydrogen-bond donors (Lipinski definition) is 0. The number of piperazine rings is 1. The highest BCUT2D eigenvalue weighted by Gasteiger charge is 2.33. The second-order valence-electron chi connectivity index (χ2n) is 4.98. The van der Waals surface area contributed by atoms with E-state index in [2.05, 4.69) is 25.8 Å². The number of methoxy groups -OCH3 is 1. The van der Waals surface area contributed by atoms with Crippen molar-refractivity contribution >= 4 is 5.91 Å². The first-order valence-corrected chi connectivity index (χ1v) is 5.99. The van der Waals surface area contributed by atoms with E-state index in [1.165, 1.54) is 0 Å². The van der Waals surface area contributed by atoms with Crippen LogP contribution >= 0.6 is 0 Å². The Morgan fingerprint density at radius 1 is 1.31 bits per heavy atom. The van der Waals surface area contributed by atoms with E-state index in [1.807, 2.05) is 11.8 Å². The molecule has 0 spiro atoms. The highest BCUT2D eigenvalue weighted by atomic mass is 16.5. The topological polar surface area (TPSA) is 32.8 Å². The number of ether oxygens (including phenoxy) is 1. The average Bonchev–Trinajstić information content (AvgIpc) is 2.26. The third-order valence-electron chi connectivity index (χ3n) is 3.38. The summed E-state index contributed by atoms with van der Waals surface area (Å²) in [5, 5.41) is 0. The number of hydrogen-bond acceptors (Lipinski definition) is 3. The highest BCUT2D eigenvalue weighted by molar-refractivity contribution is 5.81. The molecule has 0 saturated carbocycles. The van der Waals surface area contributed by atoms with Crippen molar-refractivity contribution in [3.05, 3.63) is 0 Å². The molecule has 1 aliphatic heterocycles. The van der Waals surface area contributed by atoms with Gasteiger partial charge in [-0.25, -0.2) is 0 Å². The molecular formula is C12H24N2O2. The van der Waals surface area contributed by atoms with Gasteiger partial charge in [-0.2, -0.15) is 0 Å². The largest absolute Gasteiger partial charge is 0.372 e. The fourth-order valence-corrected chi connectivity index (χ4v) is 2.13. The number of likely N-dealkylation sites (N-methyl/N-ethyl adjacent to an activating group) is 1. The Kier molecular flexibility index (Phi) is 4.74. The average molecular weight is 228 g/mol. The van der Waals surface area contributed by atoms with Crippen LogP contribution in [-0.2, 0) is 9.53 Å². The Morgan fingerprint density at radius 2 is 1.94 bits per heavy atom. The van der Waals surface area contributed by atoms with Gasteiger partial charge < -0.3 is 14.5 Å². The molecule has 94 valence electrons. The molecule has 2 atom stereocenters. The summed E-state index contributed by atoms with van der Waals surface area (Å²) in [4.78, 5) is 16.4. The molecule has 1 saturated heterocycles. The summed E-state index contributed by atoms with van der Waals surface area (Å²) < 4.78 is 5.12. The molecule has 0 aromatic heterocycles. The summed E-state index contributed by atoms with van der Waals surface area (Å²) in [5.41, 5.74) is 0. The molecule has 4 heteroatoms. The van der Waals surface area contributed by atoms with Gasteiger partial charge >= 0.3 is 0 Å². The van der Waals surface area contributed by atoms with E-state index in [1.54, 1.807) is 7.11 Å². The summed E-state index contributed by atoms with van der Waals surface area (Å²) in [6.45, 7) is 8.87. The summed E-state index contributed by atoms with van der Waals surface area (Å²) >= 11 is 0. The van der Waals surface area contributed by atoms with Gasteiger partial charge in [0.15, 0.2) is 0 Å². The molecular weight excluding hydrogens is 204 g/mol. The monoisotopic (exact) mass is 228 g/mol. The predicted molar refractivity (Wildman–Crippen MR) is 64.3 cm³/mol. The van der Waals surface area contributed by atoms with Crippen LogP contribution in [0.2, 0.25) is 0 Å². The van der Waals surface area contributed by atoms with Crippen molar-refractivity contribution in [2.24, 2.45) is 5.92 Å². The normalized spacial score (nSPS) is 24.9. The van der Waals surface area contributed by atoms with E-state index in [9.17, 15) is 4.79 Å². The first-order valence-electron chi connectivity index (χ1n) is 5.99. The van der Waals surface area contributed by atoms with Gasteiger partial charge in [-0.15, -0.1) is 0 Å². The smallest absolute Gasteiger partial charge is 0.251 e. The van der Waals surface area contributed by atoms with Crippen molar-refractivity contribution < 1.29 is 9.53 Å². The molecule has 4 nitrogen and oxygen atoms in total. The van der Waals surface area contributed by atoms with Gasteiger partial charge in [-0.3, -0.25) is 4.79 Å². The SMILES string of the molecule is CO[C@H](C)C(=O)N1CCN(C)C[C@H]1C(C)C. The molecule has 1 heterocycles. The maximum absolute atomic E-state index is 12.1. The summed E-state index contributed by atoms with van der Waals surface area (Å²) in [6, 6.07) is 0.309. The van der Waals surface area contributed by atoms with Crippen LogP contribution < -0.4 is 0 Å². The molecule has 1 rings (SSSR count). The van der Waals surface area contributed by atoms with Gasteiger partial charge in [0, 0.05) is 32.8 Å². The van der Waals surface area contributed by atoms with Crippen molar-refractivity contribution in [3.63, 3.8) is 0 Å². The number of carbonyl (C=O) groups excluding carboxylic acids is 1. The molecule has 0 aromatic rings. The van der Waals surface area contributed by atoms with Crippen LogP contribution in [0.15, 0.2) is 0 Å². The highest BCUT2D eigenvalue weighted by Crippen LogP contribution is 2.17. The zero-order valence-corrected chi connectivity index (χ0v) is 11.1. The first kappa shape index (κ1) is 13.5. The number of amides is 1. The second-order valence-corrected chi connectivity index (χ2v) is 4.98. The first-order chi connectivity index (χ1) is 7.47. The molecule has 1 aliphatic rings. The van der Waals surface area contributed by atoms with Crippen LogP contribution in [0.5, 0.6) is 0 Å². The molecule has 0 bridgehead atoms. The number of rotatable bonds is 3. The second kappa shape index (κ2) is 5.64. The van der Waals surface area contributed by atoms with Gasteiger partial charge in [0.1, 0.15) is 6.10 Å². The minimum atomic E-state index is -0.329. The fourth-order valence-electron chi connectivity index (χ4n) is 2.13. The van der Waals surface area contributed by atoms with E-state index in [4.69, 9.17) is 4.74 Å². The number of nitrogens with zero attached hydrogens (tertiary/aromatic N) is 2. The standard InChI is InChI=1S/C12H24N2O2/c1-9(2)11-8-13(4)6-7-14(11)12(15)10(3)16-5/h9-11H,6-8H2,1-5H3/t10-,11+/m1/s1. The van der Waals surface area contributed by atoms with Crippen molar-refractivity contribution in [1.29, 1.82) is 0 Å². The molecule has 0 aliphatic carbocycles. The summed E-state index contributed by atoms with van der Waals surface area (Å²) in [7, 11) is 3.69. The molecule has 0 radical (unpaired) electrons. The summed E-state index contributed by atoms with van der Waals surface area (Å²) in [6.07, 6.45) is -0.329. The Hall–Kier alpha value is -0.610. The molecule has 0 aromatic carbocycles. The number of carbonyl (C=O) groups is 1. The van der Waals surface area contributed by atoms with Crippen molar-refractivity contribution in [2.45, 2.75) is 32.9 Å². The maximum atomic E-state index is 12.1. The van der Waals surface area contributed by atoms with E-state index in [0.29, 0.717) is 12.0 Å². The van der Waals surface area contributed by atoms with E-state index >= 15 is 0 Å². The molecule has 16 heavy (non-hydrogen) atoms. The minimum Gasteiger partial charge on any atom is -0.372 e. The van der Waals surface area contributed by atoms with Gasteiger partial charge in [0.2, 0.25) is 0 Å². The van der Waals surface area contributed by atoms with Crippen LogP contribution in [0.1, 0.15) is 20.8 Å². The van der Waals surface area contributed by atoms with Crippen molar-refractivity contribution in [3.8, 4) is 0 Å². The Labute approximate surface area is 98.5 Å². The zero-order chi connectivity index (χ0) is 12.3. The minimum absolute atomic E-state index is 0.120. The van der Waals surface area contributed by atoms with Crippen LogP contribution in [-0.4, -0.2) is 61.6 Å². The maximum Gasteiger partial charge on any atom is 0.251 e. The van der Waals surface area contributed by atoms with E-state index in [0.717, 1.165) is 19.6 Å². The fraction of sp³-hybridized carbons (Fsp3) is 0.917. The van der Waals surface area contributed by atoms with Gasteiger partial charge in [0.05, 0.1) is 0 Å². The summed E-state index contributed by atoms with van der Waals surface area (Å²) in [5.74, 6) is 0.602. The Bertz CT molecular complexity index is 243. The van der Waals surface area contributed by atoms with Crippen molar-refractivity contribution in [1.82, 2.24) is 9.80 Å². The van der Waals surface area contributed by atoms with Gasteiger partial charge in [0.25, 0.3) is 5.91 Å². The van der Waals surface area contributed by atoms with Gasteiger partial charge in [-0.05, 0) is 19.9 Å². The van der Waals surface area contributed by atoms with Crippen molar-refractivity contribution in [2.75, 3.05) is 33.8 Å². The van der Waals surface area contributed by atoms with Crippen LogP contribution in [0.25, 0.3) is 0 Å². The van der Waals surface area contributed by atoms with Gasteiger partial charge in [-0.1, -0.05) is 13.8 Å². The molecule has 0 N–H and O–H groups in total. The molecule has 1 amide bonds. The van der Waals surface area contributed by atoms with Crippen LogP contribution in [0.3, 0.4) is 0 Å².